The molecule has 0 saturated carbocycles. The second-order valence-electron chi connectivity index (χ2n) is 4.31. The van der Waals surface area contributed by atoms with E-state index in [1.54, 1.807) is 36.4 Å². The Balaban J connectivity index is 2.25. The standard InChI is InChI=1S/C16H12ClNO/c1-11(10-18)12-2-4-13(5-3-12)16(19)14-6-8-15(17)9-7-14/h2-9,11H,1H3. The molecule has 0 amide bonds. The molecule has 94 valence electrons. The summed E-state index contributed by atoms with van der Waals surface area (Å²) < 4.78 is 0. The predicted molar refractivity (Wildman–Crippen MR) is 75.4 cm³/mol. The van der Waals surface area contributed by atoms with Crippen molar-refractivity contribution < 1.29 is 4.79 Å². The first-order valence-corrected chi connectivity index (χ1v) is 6.29. The maximum absolute atomic E-state index is 12.2. The first-order chi connectivity index (χ1) is 9.11. The fourth-order valence-electron chi connectivity index (χ4n) is 1.77. The van der Waals surface area contributed by atoms with Crippen LogP contribution in [0.2, 0.25) is 5.02 Å². The lowest BCUT2D eigenvalue weighted by Gasteiger charge is -2.05. The predicted octanol–water partition coefficient (Wildman–Crippen LogP) is 4.20. The van der Waals surface area contributed by atoms with E-state index in [0.29, 0.717) is 16.1 Å². The molecule has 0 aliphatic rings. The normalized spacial score (nSPS) is 11.6. The van der Waals surface area contributed by atoms with Crippen molar-refractivity contribution >= 4 is 17.4 Å². The lowest BCUT2D eigenvalue weighted by atomic mass is 9.98. The largest absolute Gasteiger partial charge is 0.289 e. The lowest BCUT2D eigenvalue weighted by molar-refractivity contribution is 0.103. The van der Waals surface area contributed by atoms with Gasteiger partial charge in [-0.25, -0.2) is 0 Å². The minimum absolute atomic E-state index is 0.0483. The number of benzene rings is 2. The smallest absolute Gasteiger partial charge is 0.193 e. The van der Waals surface area contributed by atoms with E-state index in [2.05, 4.69) is 6.07 Å². The summed E-state index contributed by atoms with van der Waals surface area (Å²) in [5.74, 6) is -0.215. The van der Waals surface area contributed by atoms with E-state index in [0.717, 1.165) is 5.56 Å². The van der Waals surface area contributed by atoms with E-state index >= 15 is 0 Å². The Morgan fingerprint density at radius 3 is 2.00 bits per heavy atom. The van der Waals surface area contributed by atoms with Crippen LogP contribution in [0.1, 0.15) is 34.3 Å². The molecule has 0 heterocycles. The number of hydrogen-bond acceptors (Lipinski definition) is 2. The molecule has 0 aliphatic heterocycles. The molecule has 2 aromatic carbocycles. The molecule has 3 heteroatoms. The zero-order chi connectivity index (χ0) is 13.8. The van der Waals surface area contributed by atoms with Crippen LogP contribution < -0.4 is 0 Å². The second-order valence-corrected chi connectivity index (χ2v) is 4.75. The van der Waals surface area contributed by atoms with Gasteiger partial charge in [0.1, 0.15) is 0 Å². The minimum atomic E-state index is -0.167. The van der Waals surface area contributed by atoms with Gasteiger partial charge in [-0.3, -0.25) is 4.79 Å². The molecule has 0 bridgehead atoms. The van der Waals surface area contributed by atoms with Gasteiger partial charge in [-0.2, -0.15) is 5.26 Å². The number of carbonyl (C=O) groups excluding carboxylic acids is 1. The Labute approximate surface area is 117 Å². The van der Waals surface area contributed by atoms with Crippen LogP contribution in [0.3, 0.4) is 0 Å². The van der Waals surface area contributed by atoms with Gasteiger partial charge in [-0.05, 0) is 36.8 Å². The maximum Gasteiger partial charge on any atom is 0.193 e. The number of ketones is 1. The number of carbonyl (C=O) groups is 1. The minimum Gasteiger partial charge on any atom is -0.289 e. The van der Waals surface area contributed by atoms with E-state index in [9.17, 15) is 4.79 Å². The van der Waals surface area contributed by atoms with Crippen LogP contribution in [0.15, 0.2) is 48.5 Å². The summed E-state index contributed by atoms with van der Waals surface area (Å²) in [6, 6.07) is 16.1. The Kier molecular flexibility index (Phi) is 3.99. The van der Waals surface area contributed by atoms with Gasteiger partial charge in [0.2, 0.25) is 0 Å². The average molecular weight is 270 g/mol. The highest BCUT2D eigenvalue weighted by molar-refractivity contribution is 6.30. The molecule has 0 radical (unpaired) electrons. The Hall–Kier alpha value is -2.11. The number of hydrogen-bond donors (Lipinski definition) is 0. The monoisotopic (exact) mass is 269 g/mol. The molecule has 19 heavy (non-hydrogen) atoms. The highest BCUT2D eigenvalue weighted by Crippen LogP contribution is 2.18. The van der Waals surface area contributed by atoms with Gasteiger partial charge in [-0.1, -0.05) is 35.9 Å². The highest BCUT2D eigenvalue weighted by Gasteiger charge is 2.10. The number of rotatable bonds is 3. The topological polar surface area (TPSA) is 40.9 Å². The van der Waals surface area contributed by atoms with Gasteiger partial charge in [0.05, 0.1) is 12.0 Å². The fourth-order valence-corrected chi connectivity index (χ4v) is 1.89. The summed E-state index contributed by atoms with van der Waals surface area (Å²) in [5, 5.41) is 9.45. The zero-order valence-corrected chi connectivity index (χ0v) is 11.2. The average Bonchev–Trinajstić information content (AvgIpc) is 2.46. The summed E-state index contributed by atoms with van der Waals surface area (Å²) in [7, 11) is 0. The van der Waals surface area contributed by atoms with E-state index in [1.165, 1.54) is 0 Å². The van der Waals surface area contributed by atoms with Crippen molar-refractivity contribution in [1.82, 2.24) is 0 Å². The molecule has 0 N–H and O–H groups in total. The van der Waals surface area contributed by atoms with Crippen molar-refractivity contribution in [1.29, 1.82) is 5.26 Å². The molecule has 0 aliphatic carbocycles. The van der Waals surface area contributed by atoms with E-state index < -0.39 is 0 Å². The third-order valence-corrected chi connectivity index (χ3v) is 3.22. The van der Waals surface area contributed by atoms with Crippen molar-refractivity contribution in [2.45, 2.75) is 12.8 Å². The third kappa shape index (κ3) is 3.01. The van der Waals surface area contributed by atoms with Gasteiger partial charge >= 0.3 is 0 Å². The summed E-state index contributed by atoms with van der Waals surface area (Å²) in [5.41, 5.74) is 2.12. The van der Waals surface area contributed by atoms with Crippen LogP contribution in [0, 0.1) is 11.3 Å². The van der Waals surface area contributed by atoms with E-state index in [4.69, 9.17) is 16.9 Å². The summed E-state index contributed by atoms with van der Waals surface area (Å²) in [6.45, 7) is 1.83. The van der Waals surface area contributed by atoms with Crippen molar-refractivity contribution in [3.05, 3.63) is 70.2 Å². The van der Waals surface area contributed by atoms with Gasteiger partial charge in [0.15, 0.2) is 5.78 Å². The number of nitriles is 1. The van der Waals surface area contributed by atoms with Crippen LogP contribution in [0.4, 0.5) is 0 Å². The quantitative estimate of drug-likeness (QED) is 0.784. The maximum atomic E-state index is 12.2. The summed E-state index contributed by atoms with van der Waals surface area (Å²) >= 11 is 5.79. The summed E-state index contributed by atoms with van der Waals surface area (Å²) in [6.07, 6.45) is 0. The Morgan fingerprint density at radius 2 is 1.53 bits per heavy atom. The lowest BCUT2D eigenvalue weighted by Crippen LogP contribution is -2.01. The first-order valence-electron chi connectivity index (χ1n) is 5.91. The van der Waals surface area contributed by atoms with Crippen LogP contribution in [0.25, 0.3) is 0 Å². The molecule has 0 aromatic heterocycles. The molecule has 0 saturated heterocycles. The molecule has 0 spiro atoms. The van der Waals surface area contributed by atoms with Crippen molar-refractivity contribution in [3.63, 3.8) is 0 Å². The molecular weight excluding hydrogens is 258 g/mol. The van der Waals surface area contributed by atoms with Crippen molar-refractivity contribution in [2.75, 3.05) is 0 Å². The van der Waals surface area contributed by atoms with Gasteiger partial charge in [0.25, 0.3) is 0 Å². The van der Waals surface area contributed by atoms with E-state index in [1.807, 2.05) is 19.1 Å². The van der Waals surface area contributed by atoms with Gasteiger partial charge in [-0.15, -0.1) is 0 Å². The molecule has 2 nitrogen and oxygen atoms in total. The van der Waals surface area contributed by atoms with Crippen LogP contribution >= 0.6 is 11.6 Å². The first kappa shape index (κ1) is 13.3. The Bertz CT molecular complexity index is 623. The molecular formula is C16H12ClNO. The molecule has 2 aromatic rings. The van der Waals surface area contributed by atoms with Crippen LogP contribution in [-0.2, 0) is 0 Å². The van der Waals surface area contributed by atoms with Gasteiger partial charge in [0, 0.05) is 16.1 Å². The summed E-state index contributed by atoms with van der Waals surface area (Å²) in [4.78, 5) is 12.2. The Morgan fingerprint density at radius 1 is 1.05 bits per heavy atom. The molecule has 2 rings (SSSR count). The molecule has 0 fully saturated rings. The molecule has 1 atom stereocenters. The molecule has 1 unspecified atom stereocenters. The van der Waals surface area contributed by atoms with Gasteiger partial charge < -0.3 is 0 Å². The highest BCUT2D eigenvalue weighted by atomic mass is 35.5. The van der Waals surface area contributed by atoms with Crippen LogP contribution in [0.5, 0.6) is 0 Å². The third-order valence-electron chi connectivity index (χ3n) is 2.97. The second kappa shape index (κ2) is 5.69. The van der Waals surface area contributed by atoms with Crippen molar-refractivity contribution in [3.8, 4) is 6.07 Å². The van der Waals surface area contributed by atoms with Crippen LogP contribution in [-0.4, -0.2) is 5.78 Å². The van der Waals surface area contributed by atoms with Crippen molar-refractivity contribution in [2.24, 2.45) is 0 Å². The SMILES string of the molecule is CC(C#N)c1ccc(C(=O)c2ccc(Cl)cc2)cc1. The van der Waals surface area contributed by atoms with E-state index in [-0.39, 0.29) is 11.7 Å². The number of halogens is 1. The number of nitrogens with zero attached hydrogens (tertiary/aromatic N) is 1. The fraction of sp³-hybridized carbons (Fsp3) is 0.125. The zero-order valence-electron chi connectivity index (χ0n) is 10.4.